The molecular weight excluding hydrogens is 471 g/mol. The Balaban J connectivity index is 2.01. The van der Waals surface area contributed by atoms with Gasteiger partial charge in [-0.3, -0.25) is 0 Å². The Morgan fingerprint density at radius 1 is 0.969 bits per heavy atom. The van der Waals surface area contributed by atoms with Gasteiger partial charge in [-0.1, -0.05) is 40.5 Å². The summed E-state index contributed by atoms with van der Waals surface area (Å²) in [4.78, 5) is 24.0. The van der Waals surface area contributed by atoms with Crippen LogP contribution < -0.4 is 9.47 Å². The van der Waals surface area contributed by atoms with E-state index in [4.69, 9.17) is 32.7 Å². The van der Waals surface area contributed by atoms with E-state index in [1.807, 2.05) is 0 Å². The number of hydrogen-bond donors (Lipinski definition) is 0. The van der Waals surface area contributed by atoms with E-state index >= 15 is 0 Å². The third kappa shape index (κ3) is 4.87. The highest BCUT2D eigenvalue weighted by Gasteiger charge is 2.26. The first kappa shape index (κ1) is 23.2. The fourth-order valence-electron chi connectivity index (χ4n) is 2.44. The van der Waals surface area contributed by atoms with Crippen molar-refractivity contribution in [3.63, 3.8) is 0 Å². The Hall–Kier alpha value is -3.50. The fraction of sp³-hybridized carbons (Fsp3) is 0.100. The van der Waals surface area contributed by atoms with E-state index in [-0.39, 0.29) is 21.5 Å². The second-order valence-corrected chi connectivity index (χ2v) is 6.57. The van der Waals surface area contributed by atoms with Gasteiger partial charge in [0.25, 0.3) is 11.8 Å². The van der Waals surface area contributed by atoms with Gasteiger partial charge in [0.2, 0.25) is 11.5 Å². The monoisotopic (exact) mass is 483 g/mol. The second kappa shape index (κ2) is 10.2. The lowest BCUT2D eigenvalue weighted by Gasteiger charge is -2.13. The number of rotatable bonds is 7. The van der Waals surface area contributed by atoms with E-state index in [1.54, 1.807) is 6.07 Å². The summed E-state index contributed by atoms with van der Waals surface area (Å²) >= 11 is 12.0. The highest BCUT2D eigenvalue weighted by atomic mass is 35.5. The molecule has 0 spiro atoms. The molecule has 166 valence electrons. The molecular formula is C20H13Cl2F2N3O5. The molecule has 0 unspecified atom stereocenters. The summed E-state index contributed by atoms with van der Waals surface area (Å²) in [6.07, 6.45) is 0.954. The first-order valence-electron chi connectivity index (χ1n) is 8.65. The molecule has 3 rings (SSSR count). The number of halogens is 4. The van der Waals surface area contributed by atoms with Crippen molar-refractivity contribution in [3.05, 3.63) is 70.0 Å². The van der Waals surface area contributed by atoms with Crippen molar-refractivity contribution >= 4 is 34.9 Å². The zero-order valence-corrected chi connectivity index (χ0v) is 17.9. The SMILES string of the molecule is CO/N=C(/C(=O)OC)c1c(F)cccc1Oc1ncnc(Oc2cccc(Cl)c2Cl)c1F. The van der Waals surface area contributed by atoms with Crippen molar-refractivity contribution in [1.82, 2.24) is 9.97 Å². The molecule has 0 aliphatic carbocycles. The van der Waals surface area contributed by atoms with Gasteiger partial charge >= 0.3 is 5.97 Å². The molecule has 0 saturated heterocycles. The predicted octanol–water partition coefficient (Wildman–Crippen LogP) is 5.17. The molecule has 0 amide bonds. The van der Waals surface area contributed by atoms with Gasteiger partial charge in [0, 0.05) is 0 Å². The normalized spacial score (nSPS) is 11.1. The lowest BCUT2D eigenvalue weighted by Crippen LogP contribution is -2.20. The van der Waals surface area contributed by atoms with Crippen LogP contribution in [0.15, 0.2) is 47.9 Å². The minimum Gasteiger partial charge on any atom is -0.464 e. The second-order valence-electron chi connectivity index (χ2n) is 5.78. The summed E-state index contributed by atoms with van der Waals surface area (Å²) in [5.74, 6) is -4.45. The Labute approximate surface area is 190 Å². The van der Waals surface area contributed by atoms with Gasteiger partial charge in [0.05, 0.1) is 17.7 Å². The first-order chi connectivity index (χ1) is 15.4. The van der Waals surface area contributed by atoms with Gasteiger partial charge in [-0.2, -0.15) is 14.4 Å². The molecule has 0 aliphatic rings. The van der Waals surface area contributed by atoms with Gasteiger partial charge in [0.15, 0.2) is 0 Å². The van der Waals surface area contributed by atoms with Crippen LogP contribution in [-0.2, 0) is 14.4 Å². The number of oxime groups is 1. The van der Waals surface area contributed by atoms with E-state index < -0.39 is 40.6 Å². The number of carbonyl (C=O) groups is 1. The van der Waals surface area contributed by atoms with Crippen LogP contribution in [0.2, 0.25) is 10.0 Å². The molecule has 0 radical (unpaired) electrons. The average molecular weight is 484 g/mol. The zero-order chi connectivity index (χ0) is 23.3. The summed E-state index contributed by atoms with van der Waals surface area (Å²) in [7, 11) is 2.22. The van der Waals surface area contributed by atoms with Crippen molar-refractivity contribution in [2.75, 3.05) is 14.2 Å². The largest absolute Gasteiger partial charge is 0.464 e. The van der Waals surface area contributed by atoms with Crippen LogP contribution in [0.4, 0.5) is 8.78 Å². The lowest BCUT2D eigenvalue weighted by atomic mass is 10.1. The van der Waals surface area contributed by atoms with Gasteiger partial charge in [-0.05, 0) is 24.3 Å². The number of benzene rings is 2. The molecule has 32 heavy (non-hydrogen) atoms. The highest BCUT2D eigenvalue weighted by Crippen LogP contribution is 2.37. The van der Waals surface area contributed by atoms with Crippen molar-refractivity contribution in [1.29, 1.82) is 0 Å². The molecule has 0 N–H and O–H groups in total. The number of methoxy groups -OCH3 is 1. The molecule has 1 aromatic heterocycles. The maximum Gasteiger partial charge on any atom is 0.361 e. The molecule has 0 bridgehead atoms. The summed E-state index contributed by atoms with van der Waals surface area (Å²) in [5, 5.41) is 3.72. The summed E-state index contributed by atoms with van der Waals surface area (Å²) < 4.78 is 45.0. The Bertz CT molecular complexity index is 1190. The van der Waals surface area contributed by atoms with Crippen LogP contribution in [0.1, 0.15) is 5.56 Å². The smallest absolute Gasteiger partial charge is 0.361 e. The topological polar surface area (TPSA) is 92.1 Å². The van der Waals surface area contributed by atoms with Crippen LogP contribution in [-0.4, -0.2) is 35.9 Å². The standard InChI is InChI=1S/C20H13Cl2F2N3O5/c1-29-20(28)17(27-30-2)14-11(23)6-4-7-12(14)31-18-16(24)19(26-9-25-18)32-13-8-3-5-10(21)15(13)22/h3-9H,1-2H3/b27-17+. The van der Waals surface area contributed by atoms with E-state index in [0.717, 1.165) is 26.6 Å². The number of aromatic nitrogens is 2. The number of esters is 1. The number of nitrogens with zero attached hydrogens (tertiary/aromatic N) is 3. The van der Waals surface area contributed by atoms with Gasteiger partial charge in [-0.15, -0.1) is 0 Å². The van der Waals surface area contributed by atoms with Crippen LogP contribution in [0.3, 0.4) is 0 Å². The lowest BCUT2D eigenvalue weighted by molar-refractivity contribution is -0.132. The zero-order valence-electron chi connectivity index (χ0n) is 16.4. The van der Waals surface area contributed by atoms with E-state index in [0.29, 0.717) is 0 Å². The first-order valence-corrected chi connectivity index (χ1v) is 9.41. The minimum absolute atomic E-state index is 0.0365. The van der Waals surface area contributed by atoms with Gasteiger partial charge in [-0.25, -0.2) is 9.18 Å². The Morgan fingerprint density at radius 3 is 2.25 bits per heavy atom. The molecule has 2 aromatic carbocycles. The molecule has 0 aliphatic heterocycles. The van der Waals surface area contributed by atoms with Crippen molar-refractivity contribution < 1.29 is 32.6 Å². The third-order valence-corrected chi connectivity index (χ3v) is 4.63. The molecule has 0 fully saturated rings. The van der Waals surface area contributed by atoms with Crippen LogP contribution in [0.25, 0.3) is 0 Å². The highest BCUT2D eigenvalue weighted by molar-refractivity contribution is 6.44. The third-order valence-electron chi connectivity index (χ3n) is 3.83. The minimum atomic E-state index is -1.12. The number of carbonyl (C=O) groups excluding carboxylic acids is 1. The summed E-state index contributed by atoms with van der Waals surface area (Å²) in [5.41, 5.74) is -0.973. The van der Waals surface area contributed by atoms with Crippen LogP contribution >= 0.6 is 23.2 Å². The Morgan fingerprint density at radius 2 is 1.59 bits per heavy atom. The van der Waals surface area contributed by atoms with E-state index in [2.05, 4.69) is 24.7 Å². The maximum atomic E-state index is 15.0. The average Bonchev–Trinajstić information content (AvgIpc) is 2.78. The molecule has 0 saturated carbocycles. The molecule has 1 heterocycles. The van der Waals surface area contributed by atoms with Gasteiger partial charge in [0.1, 0.15) is 35.8 Å². The maximum absolute atomic E-state index is 15.0. The van der Waals surface area contributed by atoms with Crippen molar-refractivity contribution in [3.8, 4) is 23.3 Å². The summed E-state index contributed by atoms with van der Waals surface area (Å²) in [6, 6.07) is 8.10. The molecule has 3 aromatic rings. The number of ether oxygens (including phenoxy) is 3. The Kier molecular flexibility index (Phi) is 7.39. The fourth-order valence-corrected chi connectivity index (χ4v) is 2.77. The van der Waals surface area contributed by atoms with E-state index in [9.17, 15) is 13.6 Å². The quantitative estimate of drug-likeness (QED) is 0.260. The van der Waals surface area contributed by atoms with Crippen molar-refractivity contribution in [2.24, 2.45) is 5.16 Å². The molecule has 0 atom stereocenters. The molecule has 12 heteroatoms. The summed E-state index contributed by atoms with van der Waals surface area (Å²) in [6.45, 7) is 0. The van der Waals surface area contributed by atoms with Crippen LogP contribution in [0, 0.1) is 11.6 Å². The van der Waals surface area contributed by atoms with E-state index in [1.165, 1.54) is 24.3 Å². The predicted molar refractivity (Wildman–Crippen MR) is 111 cm³/mol. The van der Waals surface area contributed by atoms with Gasteiger partial charge < -0.3 is 19.0 Å². The van der Waals surface area contributed by atoms with Crippen LogP contribution in [0.5, 0.6) is 23.3 Å². The molecule has 8 nitrogen and oxygen atoms in total. The van der Waals surface area contributed by atoms with Crippen molar-refractivity contribution in [2.45, 2.75) is 0 Å². The number of hydrogen-bond acceptors (Lipinski definition) is 8.